The molecule has 0 spiro atoms. The molecule has 1 amide bonds. The second-order valence-corrected chi connectivity index (χ2v) is 8.76. The summed E-state index contributed by atoms with van der Waals surface area (Å²) < 4.78 is 27.7. The van der Waals surface area contributed by atoms with Gasteiger partial charge in [0.2, 0.25) is 15.9 Å². The summed E-state index contributed by atoms with van der Waals surface area (Å²) in [6.07, 6.45) is 2.69. The molecule has 0 aliphatic heterocycles. The Morgan fingerprint density at radius 2 is 1.92 bits per heavy atom. The van der Waals surface area contributed by atoms with E-state index in [-0.39, 0.29) is 16.8 Å². The summed E-state index contributed by atoms with van der Waals surface area (Å²) in [4.78, 5) is 16.8. The molecule has 2 rings (SSSR count). The standard InChI is InChI=1S/C18H28N4O3S/c1-6-13(7-2)19-18(23)11-10-17-20-15-12-14(26(24,25)21(3)4)8-9-16(15)22(17)5/h8-9,12-13H,6-7,10-11H2,1-5H3,(H,19,23). The molecule has 1 N–H and O–H groups in total. The molecule has 2 aromatic rings. The fourth-order valence-electron chi connectivity index (χ4n) is 2.84. The van der Waals surface area contributed by atoms with Crippen molar-refractivity contribution in [2.45, 2.75) is 50.5 Å². The highest BCUT2D eigenvalue weighted by atomic mass is 32.2. The number of carbonyl (C=O) groups is 1. The molecule has 8 heteroatoms. The minimum absolute atomic E-state index is 0.0154. The van der Waals surface area contributed by atoms with Gasteiger partial charge in [0, 0.05) is 40.0 Å². The van der Waals surface area contributed by atoms with Gasteiger partial charge in [-0.25, -0.2) is 17.7 Å². The van der Waals surface area contributed by atoms with Gasteiger partial charge in [0.05, 0.1) is 15.9 Å². The van der Waals surface area contributed by atoms with Gasteiger partial charge in [-0.05, 0) is 31.0 Å². The Morgan fingerprint density at radius 3 is 2.50 bits per heavy atom. The highest BCUT2D eigenvalue weighted by Crippen LogP contribution is 2.21. The van der Waals surface area contributed by atoms with Crippen LogP contribution in [0.2, 0.25) is 0 Å². The van der Waals surface area contributed by atoms with E-state index in [1.54, 1.807) is 18.2 Å². The summed E-state index contributed by atoms with van der Waals surface area (Å²) in [7, 11) is 1.39. The minimum Gasteiger partial charge on any atom is -0.353 e. The predicted molar refractivity (Wildman–Crippen MR) is 102 cm³/mol. The van der Waals surface area contributed by atoms with E-state index in [9.17, 15) is 13.2 Å². The third kappa shape index (κ3) is 4.24. The van der Waals surface area contributed by atoms with Crippen LogP contribution in [-0.4, -0.2) is 48.3 Å². The van der Waals surface area contributed by atoms with Crippen LogP contribution in [0.1, 0.15) is 38.9 Å². The van der Waals surface area contributed by atoms with E-state index in [0.717, 1.165) is 24.2 Å². The maximum atomic E-state index is 12.3. The molecular weight excluding hydrogens is 352 g/mol. The Bertz CT molecular complexity index is 883. The van der Waals surface area contributed by atoms with E-state index < -0.39 is 10.0 Å². The Kier molecular flexibility index (Phi) is 6.41. The number of hydrogen-bond acceptors (Lipinski definition) is 4. The first-order valence-electron chi connectivity index (χ1n) is 8.87. The van der Waals surface area contributed by atoms with Gasteiger partial charge in [-0.1, -0.05) is 13.8 Å². The van der Waals surface area contributed by atoms with Crippen molar-refractivity contribution >= 4 is 27.0 Å². The first-order chi connectivity index (χ1) is 12.2. The topological polar surface area (TPSA) is 84.3 Å². The highest BCUT2D eigenvalue weighted by molar-refractivity contribution is 7.89. The van der Waals surface area contributed by atoms with Crippen molar-refractivity contribution in [2.24, 2.45) is 7.05 Å². The van der Waals surface area contributed by atoms with E-state index in [2.05, 4.69) is 24.1 Å². The number of sulfonamides is 1. The number of nitrogens with zero attached hydrogens (tertiary/aromatic N) is 3. The number of benzene rings is 1. The number of fused-ring (bicyclic) bond motifs is 1. The minimum atomic E-state index is -3.50. The van der Waals surface area contributed by atoms with Crippen molar-refractivity contribution in [3.05, 3.63) is 24.0 Å². The van der Waals surface area contributed by atoms with Gasteiger partial charge in [0.1, 0.15) is 5.82 Å². The second kappa shape index (κ2) is 8.18. The summed E-state index contributed by atoms with van der Waals surface area (Å²) in [6, 6.07) is 5.13. The molecule has 1 aromatic heterocycles. The SMILES string of the molecule is CCC(CC)NC(=O)CCc1nc2cc(S(=O)(=O)N(C)C)ccc2n1C. The smallest absolute Gasteiger partial charge is 0.242 e. The molecule has 0 radical (unpaired) electrons. The number of carbonyl (C=O) groups excluding carboxylic acids is 1. The first-order valence-corrected chi connectivity index (χ1v) is 10.3. The zero-order valence-corrected chi connectivity index (χ0v) is 16.9. The first kappa shape index (κ1) is 20.4. The van der Waals surface area contributed by atoms with Gasteiger partial charge in [0.25, 0.3) is 0 Å². The average molecular weight is 381 g/mol. The molecule has 0 aliphatic rings. The lowest BCUT2D eigenvalue weighted by Gasteiger charge is -2.14. The van der Waals surface area contributed by atoms with E-state index in [1.807, 2.05) is 11.6 Å². The maximum absolute atomic E-state index is 12.3. The van der Waals surface area contributed by atoms with Crippen LogP contribution in [0.3, 0.4) is 0 Å². The molecule has 0 saturated carbocycles. The Morgan fingerprint density at radius 1 is 1.27 bits per heavy atom. The molecule has 1 heterocycles. The van der Waals surface area contributed by atoms with Crippen LogP contribution in [0.15, 0.2) is 23.1 Å². The van der Waals surface area contributed by atoms with Crippen molar-refractivity contribution in [2.75, 3.05) is 14.1 Å². The second-order valence-electron chi connectivity index (χ2n) is 6.61. The monoisotopic (exact) mass is 380 g/mol. The van der Waals surface area contributed by atoms with Crippen LogP contribution in [-0.2, 0) is 28.3 Å². The average Bonchev–Trinajstić information content (AvgIpc) is 2.93. The highest BCUT2D eigenvalue weighted by Gasteiger charge is 2.19. The molecule has 0 aliphatic carbocycles. The number of aryl methyl sites for hydroxylation is 2. The summed E-state index contributed by atoms with van der Waals surface area (Å²) in [5.74, 6) is 0.778. The zero-order valence-electron chi connectivity index (χ0n) is 16.1. The van der Waals surface area contributed by atoms with E-state index >= 15 is 0 Å². The maximum Gasteiger partial charge on any atom is 0.242 e. The van der Waals surface area contributed by atoms with Crippen molar-refractivity contribution in [3.63, 3.8) is 0 Å². The molecule has 0 atom stereocenters. The Balaban J connectivity index is 2.20. The van der Waals surface area contributed by atoms with Crippen LogP contribution in [0.5, 0.6) is 0 Å². The molecular formula is C18H28N4O3S. The third-order valence-electron chi connectivity index (χ3n) is 4.65. The van der Waals surface area contributed by atoms with Gasteiger partial charge in [-0.3, -0.25) is 4.79 Å². The van der Waals surface area contributed by atoms with Crippen LogP contribution in [0.4, 0.5) is 0 Å². The number of nitrogens with one attached hydrogen (secondary N) is 1. The Labute approximate surface area is 155 Å². The van der Waals surface area contributed by atoms with Crippen molar-refractivity contribution in [1.29, 1.82) is 0 Å². The number of aromatic nitrogens is 2. The number of hydrogen-bond donors (Lipinski definition) is 1. The van der Waals surface area contributed by atoms with Crippen LogP contribution in [0, 0.1) is 0 Å². The molecule has 0 bridgehead atoms. The zero-order chi connectivity index (χ0) is 19.5. The van der Waals surface area contributed by atoms with Gasteiger partial charge in [-0.15, -0.1) is 0 Å². The quantitative estimate of drug-likeness (QED) is 0.760. The summed E-state index contributed by atoms with van der Waals surface area (Å²) in [6.45, 7) is 4.11. The van der Waals surface area contributed by atoms with E-state index in [4.69, 9.17) is 0 Å². The van der Waals surface area contributed by atoms with Gasteiger partial charge in [0.15, 0.2) is 0 Å². The largest absolute Gasteiger partial charge is 0.353 e. The normalized spacial score (nSPS) is 12.3. The number of imidazole rings is 1. The van der Waals surface area contributed by atoms with Crippen molar-refractivity contribution in [1.82, 2.24) is 19.2 Å². The fraction of sp³-hybridized carbons (Fsp3) is 0.556. The molecule has 7 nitrogen and oxygen atoms in total. The van der Waals surface area contributed by atoms with E-state index in [0.29, 0.717) is 18.4 Å². The fourth-order valence-corrected chi connectivity index (χ4v) is 3.76. The molecule has 0 saturated heterocycles. The van der Waals surface area contributed by atoms with Gasteiger partial charge in [-0.2, -0.15) is 0 Å². The van der Waals surface area contributed by atoms with Crippen molar-refractivity contribution in [3.8, 4) is 0 Å². The molecule has 144 valence electrons. The lowest BCUT2D eigenvalue weighted by Crippen LogP contribution is -2.34. The predicted octanol–water partition coefficient (Wildman–Crippen LogP) is 2.06. The van der Waals surface area contributed by atoms with Crippen LogP contribution >= 0.6 is 0 Å². The van der Waals surface area contributed by atoms with E-state index in [1.165, 1.54) is 18.4 Å². The Hall–Kier alpha value is -1.93. The van der Waals surface area contributed by atoms with Crippen molar-refractivity contribution < 1.29 is 13.2 Å². The van der Waals surface area contributed by atoms with Crippen LogP contribution in [0.25, 0.3) is 11.0 Å². The lowest BCUT2D eigenvalue weighted by atomic mass is 10.1. The van der Waals surface area contributed by atoms with Gasteiger partial charge >= 0.3 is 0 Å². The number of rotatable bonds is 8. The summed E-state index contributed by atoms with van der Waals surface area (Å²) in [5, 5.41) is 3.02. The molecule has 26 heavy (non-hydrogen) atoms. The molecule has 0 fully saturated rings. The molecule has 0 unspecified atom stereocenters. The van der Waals surface area contributed by atoms with Gasteiger partial charge < -0.3 is 9.88 Å². The van der Waals surface area contributed by atoms with Crippen LogP contribution < -0.4 is 5.32 Å². The summed E-state index contributed by atoms with van der Waals surface area (Å²) >= 11 is 0. The summed E-state index contributed by atoms with van der Waals surface area (Å²) in [5.41, 5.74) is 1.46. The molecule has 1 aromatic carbocycles. The lowest BCUT2D eigenvalue weighted by molar-refractivity contribution is -0.121. The third-order valence-corrected chi connectivity index (χ3v) is 6.46. The number of amides is 1.